The largest absolute Gasteiger partial charge is 0.333 e. The van der Waals surface area contributed by atoms with Gasteiger partial charge in [0.2, 0.25) is 0 Å². The molecule has 0 spiro atoms. The number of aromatic nitrogens is 2. The van der Waals surface area contributed by atoms with Crippen molar-refractivity contribution < 1.29 is 0 Å². The minimum atomic E-state index is 0.604. The van der Waals surface area contributed by atoms with Crippen LogP contribution in [-0.4, -0.2) is 9.55 Å². The van der Waals surface area contributed by atoms with Gasteiger partial charge in [-0.05, 0) is 18.8 Å². The molecule has 0 amide bonds. The summed E-state index contributed by atoms with van der Waals surface area (Å²) in [6.45, 7) is 1.72. The van der Waals surface area contributed by atoms with E-state index in [1.54, 1.807) is 0 Å². The van der Waals surface area contributed by atoms with Crippen LogP contribution in [0.25, 0.3) is 0 Å². The Labute approximate surface area is 66.2 Å². The third kappa shape index (κ3) is 1.43. The van der Waals surface area contributed by atoms with Gasteiger partial charge in [0.1, 0.15) is 0 Å². The quantitative estimate of drug-likeness (QED) is 0.692. The highest BCUT2D eigenvalue weighted by molar-refractivity contribution is 4.98. The number of nitrogens with zero attached hydrogens (tertiary/aromatic N) is 2. The normalized spacial score (nSPS) is 17.2. The molecule has 3 heteroatoms. The Bertz CT molecular complexity index is 237. The van der Waals surface area contributed by atoms with Gasteiger partial charge in [-0.15, -0.1) is 0 Å². The first-order chi connectivity index (χ1) is 5.40. The molecule has 0 radical (unpaired) electrons. The molecule has 0 saturated heterocycles. The molecule has 0 unspecified atom stereocenters. The lowest BCUT2D eigenvalue weighted by atomic mass is 10.4. The average Bonchev–Trinajstić information content (AvgIpc) is 2.68. The maximum absolute atomic E-state index is 5.53. The minimum absolute atomic E-state index is 0.604. The topological polar surface area (TPSA) is 43.8 Å². The molecule has 2 N–H and O–H groups in total. The first-order valence-electron chi connectivity index (χ1n) is 4.09. The number of hydrogen-bond acceptors (Lipinski definition) is 2. The molecular weight excluding hydrogens is 138 g/mol. The summed E-state index contributed by atoms with van der Waals surface area (Å²) in [7, 11) is 0. The van der Waals surface area contributed by atoms with Gasteiger partial charge < -0.3 is 10.3 Å². The van der Waals surface area contributed by atoms with Gasteiger partial charge in [-0.1, -0.05) is 0 Å². The Kier molecular flexibility index (Phi) is 1.66. The Morgan fingerprint density at radius 3 is 3.09 bits per heavy atom. The fraction of sp³-hybridized carbons (Fsp3) is 0.625. The van der Waals surface area contributed by atoms with Crippen LogP contribution in [0.4, 0.5) is 0 Å². The van der Waals surface area contributed by atoms with E-state index >= 15 is 0 Å². The van der Waals surface area contributed by atoms with Crippen molar-refractivity contribution in [3.63, 3.8) is 0 Å². The SMILES string of the molecule is NCc1cncn1CC1CC1. The maximum Gasteiger partial charge on any atom is 0.0948 e. The van der Waals surface area contributed by atoms with E-state index < -0.39 is 0 Å². The molecule has 0 atom stereocenters. The average molecular weight is 151 g/mol. The van der Waals surface area contributed by atoms with Crippen molar-refractivity contribution in [2.45, 2.75) is 25.9 Å². The molecule has 1 aromatic rings. The zero-order chi connectivity index (χ0) is 7.68. The lowest BCUT2D eigenvalue weighted by molar-refractivity contribution is 0.602. The van der Waals surface area contributed by atoms with Crippen molar-refractivity contribution in [2.24, 2.45) is 11.7 Å². The smallest absolute Gasteiger partial charge is 0.0948 e. The molecule has 0 aromatic carbocycles. The minimum Gasteiger partial charge on any atom is -0.333 e. The predicted molar refractivity (Wildman–Crippen MR) is 42.8 cm³/mol. The lowest BCUT2D eigenvalue weighted by Gasteiger charge is -2.03. The van der Waals surface area contributed by atoms with Crippen LogP contribution >= 0.6 is 0 Å². The van der Waals surface area contributed by atoms with Crippen LogP contribution in [-0.2, 0) is 13.1 Å². The maximum atomic E-state index is 5.53. The molecule has 1 fully saturated rings. The van der Waals surface area contributed by atoms with Gasteiger partial charge in [0.15, 0.2) is 0 Å². The van der Waals surface area contributed by atoms with Crippen molar-refractivity contribution in [1.29, 1.82) is 0 Å². The van der Waals surface area contributed by atoms with Crippen LogP contribution in [0.2, 0.25) is 0 Å². The highest BCUT2D eigenvalue weighted by atomic mass is 15.1. The Balaban J connectivity index is 2.07. The van der Waals surface area contributed by atoms with Crippen molar-refractivity contribution >= 4 is 0 Å². The molecule has 11 heavy (non-hydrogen) atoms. The molecule has 0 bridgehead atoms. The first kappa shape index (κ1) is 6.85. The van der Waals surface area contributed by atoms with Gasteiger partial charge in [-0.2, -0.15) is 0 Å². The summed E-state index contributed by atoms with van der Waals surface area (Å²) in [4.78, 5) is 4.06. The molecule has 1 aromatic heterocycles. The summed E-state index contributed by atoms with van der Waals surface area (Å²) >= 11 is 0. The second kappa shape index (κ2) is 2.66. The van der Waals surface area contributed by atoms with Gasteiger partial charge in [0.05, 0.1) is 12.0 Å². The summed E-state index contributed by atoms with van der Waals surface area (Å²) in [6.07, 6.45) is 6.48. The molecule has 60 valence electrons. The molecule has 2 rings (SSSR count). The molecule has 1 aliphatic carbocycles. The monoisotopic (exact) mass is 151 g/mol. The molecule has 1 saturated carbocycles. The van der Waals surface area contributed by atoms with Crippen molar-refractivity contribution in [3.05, 3.63) is 18.2 Å². The van der Waals surface area contributed by atoms with E-state index in [1.165, 1.54) is 12.8 Å². The zero-order valence-electron chi connectivity index (χ0n) is 6.53. The molecule has 3 nitrogen and oxygen atoms in total. The lowest BCUT2D eigenvalue weighted by Crippen LogP contribution is -2.07. The van der Waals surface area contributed by atoms with Crippen LogP contribution < -0.4 is 5.73 Å². The fourth-order valence-electron chi connectivity index (χ4n) is 1.26. The van der Waals surface area contributed by atoms with E-state index in [0.29, 0.717) is 6.54 Å². The van der Waals surface area contributed by atoms with Crippen LogP contribution in [0.5, 0.6) is 0 Å². The van der Waals surface area contributed by atoms with Gasteiger partial charge in [-0.3, -0.25) is 0 Å². The van der Waals surface area contributed by atoms with Gasteiger partial charge in [0, 0.05) is 19.3 Å². The third-order valence-electron chi connectivity index (χ3n) is 2.16. The Morgan fingerprint density at radius 1 is 1.64 bits per heavy atom. The van der Waals surface area contributed by atoms with Crippen molar-refractivity contribution in [2.75, 3.05) is 0 Å². The van der Waals surface area contributed by atoms with Gasteiger partial charge >= 0.3 is 0 Å². The standard InChI is InChI=1S/C8H13N3/c9-3-8-4-10-6-11(8)5-7-1-2-7/h4,6-7H,1-3,5,9H2. The summed E-state index contributed by atoms with van der Waals surface area (Å²) in [6, 6.07) is 0. The Hall–Kier alpha value is -0.830. The van der Waals surface area contributed by atoms with Gasteiger partial charge in [-0.25, -0.2) is 4.98 Å². The number of rotatable bonds is 3. The number of imidazole rings is 1. The van der Waals surface area contributed by atoms with Crippen LogP contribution in [0, 0.1) is 5.92 Å². The fourth-order valence-corrected chi connectivity index (χ4v) is 1.26. The highest BCUT2D eigenvalue weighted by Gasteiger charge is 2.22. The molecular formula is C8H13N3. The van der Waals surface area contributed by atoms with Crippen molar-refractivity contribution in [3.8, 4) is 0 Å². The molecule has 1 heterocycles. The number of nitrogens with two attached hydrogens (primary N) is 1. The second-order valence-electron chi connectivity index (χ2n) is 3.18. The second-order valence-corrected chi connectivity index (χ2v) is 3.18. The highest BCUT2D eigenvalue weighted by Crippen LogP contribution is 2.30. The summed E-state index contributed by atoms with van der Waals surface area (Å²) < 4.78 is 2.16. The van der Waals surface area contributed by atoms with E-state index in [4.69, 9.17) is 5.73 Å². The van der Waals surface area contributed by atoms with Gasteiger partial charge in [0.25, 0.3) is 0 Å². The van der Waals surface area contributed by atoms with Crippen LogP contribution in [0.3, 0.4) is 0 Å². The summed E-state index contributed by atoms with van der Waals surface area (Å²) in [5.74, 6) is 0.898. The Morgan fingerprint density at radius 2 is 2.45 bits per heavy atom. The van der Waals surface area contributed by atoms with E-state index in [1.807, 2.05) is 12.5 Å². The van der Waals surface area contributed by atoms with E-state index in [2.05, 4.69) is 9.55 Å². The van der Waals surface area contributed by atoms with Crippen LogP contribution in [0.15, 0.2) is 12.5 Å². The summed E-state index contributed by atoms with van der Waals surface area (Å²) in [5, 5.41) is 0. The molecule has 0 aliphatic heterocycles. The summed E-state index contributed by atoms with van der Waals surface area (Å²) in [5.41, 5.74) is 6.68. The van der Waals surface area contributed by atoms with E-state index in [0.717, 1.165) is 18.2 Å². The van der Waals surface area contributed by atoms with Crippen LogP contribution in [0.1, 0.15) is 18.5 Å². The van der Waals surface area contributed by atoms with Crippen molar-refractivity contribution in [1.82, 2.24) is 9.55 Å². The molecule has 1 aliphatic rings. The third-order valence-corrected chi connectivity index (χ3v) is 2.16. The number of hydrogen-bond donors (Lipinski definition) is 1. The first-order valence-corrected chi connectivity index (χ1v) is 4.09. The zero-order valence-corrected chi connectivity index (χ0v) is 6.53. The van der Waals surface area contributed by atoms with E-state index in [-0.39, 0.29) is 0 Å². The van der Waals surface area contributed by atoms with E-state index in [9.17, 15) is 0 Å². The predicted octanol–water partition coefficient (Wildman–Crippen LogP) is 0.752.